The molecule has 0 heterocycles. The summed E-state index contributed by atoms with van der Waals surface area (Å²) < 4.78 is 11.9. The summed E-state index contributed by atoms with van der Waals surface area (Å²) in [6.45, 7) is 4.19. The zero-order valence-electron chi connectivity index (χ0n) is 10.1. The minimum absolute atomic E-state index is 0.466. The minimum atomic E-state index is -0.887. The van der Waals surface area contributed by atoms with Crippen LogP contribution in [0.1, 0.15) is 31.4 Å². The van der Waals surface area contributed by atoms with Gasteiger partial charge in [0.25, 0.3) is 0 Å². The minimum Gasteiger partial charge on any atom is -0.259 e. The zero-order chi connectivity index (χ0) is 12.8. The van der Waals surface area contributed by atoms with Gasteiger partial charge in [0.1, 0.15) is 0 Å². The third kappa shape index (κ3) is 4.49. The van der Waals surface area contributed by atoms with Gasteiger partial charge in [-0.1, -0.05) is 37.9 Å². The second kappa shape index (κ2) is 6.78. The molecule has 0 spiro atoms. The fourth-order valence-corrected chi connectivity index (χ4v) is 3.31. The van der Waals surface area contributed by atoms with E-state index in [1.165, 1.54) is 0 Å². The molecule has 0 radical (unpaired) electrons. The number of halogens is 1. The second-order valence-electron chi connectivity index (χ2n) is 4.18. The topological polar surface area (TPSA) is 40.9 Å². The molecule has 0 saturated carbocycles. The molecule has 17 heavy (non-hydrogen) atoms. The van der Waals surface area contributed by atoms with Gasteiger partial charge in [0.2, 0.25) is 0 Å². The van der Waals surface area contributed by atoms with Gasteiger partial charge in [-0.3, -0.25) is 4.21 Å². The zero-order valence-corrected chi connectivity index (χ0v) is 11.6. The summed E-state index contributed by atoms with van der Waals surface area (Å²) in [6.07, 6.45) is 1.03. The number of nitrogens with zero attached hydrogens (tertiary/aromatic N) is 1. The summed E-state index contributed by atoms with van der Waals surface area (Å²) in [4.78, 5) is 0. The molecular weight excluding hydrogens is 254 g/mol. The van der Waals surface area contributed by atoms with E-state index < -0.39 is 10.8 Å². The third-order valence-corrected chi connectivity index (χ3v) is 4.59. The molecule has 1 aromatic rings. The van der Waals surface area contributed by atoms with Crippen molar-refractivity contribution in [3.63, 3.8) is 0 Å². The lowest BCUT2D eigenvalue weighted by molar-refractivity contribution is 0.615. The molecule has 1 rings (SSSR count). The van der Waals surface area contributed by atoms with E-state index in [0.29, 0.717) is 28.0 Å². The first-order chi connectivity index (χ1) is 8.06. The normalized spacial score (nSPS) is 14.0. The van der Waals surface area contributed by atoms with Gasteiger partial charge in [-0.25, -0.2) is 0 Å². The molecule has 92 valence electrons. The maximum Gasteiger partial charge on any atom is 0.0992 e. The predicted octanol–water partition coefficient (Wildman–Crippen LogP) is 3.51. The Morgan fingerprint density at radius 3 is 2.76 bits per heavy atom. The van der Waals surface area contributed by atoms with Crippen molar-refractivity contribution in [2.45, 2.75) is 26.0 Å². The van der Waals surface area contributed by atoms with Crippen LogP contribution in [0.3, 0.4) is 0 Å². The molecule has 0 aliphatic rings. The highest BCUT2D eigenvalue weighted by molar-refractivity contribution is 7.84. The second-order valence-corrected chi connectivity index (χ2v) is 6.09. The standard InChI is InChI=1S/C13H16ClNOS/c1-3-10(2)8-17(16)9-12-5-4-11(7-15)6-13(12)14/h4-6,10H,3,8-9H2,1-2H3. The van der Waals surface area contributed by atoms with Crippen molar-refractivity contribution in [1.29, 1.82) is 5.26 Å². The van der Waals surface area contributed by atoms with Crippen molar-refractivity contribution in [2.75, 3.05) is 5.75 Å². The number of benzene rings is 1. The molecule has 0 aromatic heterocycles. The average molecular weight is 270 g/mol. The molecule has 4 heteroatoms. The van der Waals surface area contributed by atoms with Gasteiger partial charge in [-0.15, -0.1) is 0 Å². The highest BCUT2D eigenvalue weighted by Gasteiger charge is 2.09. The van der Waals surface area contributed by atoms with Crippen LogP contribution < -0.4 is 0 Å². The fourth-order valence-electron chi connectivity index (χ4n) is 1.40. The van der Waals surface area contributed by atoms with Crippen molar-refractivity contribution in [2.24, 2.45) is 5.92 Å². The lowest BCUT2D eigenvalue weighted by atomic mass is 10.2. The molecule has 2 nitrogen and oxygen atoms in total. The first-order valence-electron chi connectivity index (χ1n) is 5.60. The Morgan fingerprint density at radius 1 is 1.53 bits per heavy atom. The van der Waals surface area contributed by atoms with E-state index in [9.17, 15) is 4.21 Å². The van der Waals surface area contributed by atoms with Crippen molar-refractivity contribution in [3.05, 3.63) is 34.3 Å². The Balaban J connectivity index is 2.69. The van der Waals surface area contributed by atoms with Crippen LogP contribution in [0.15, 0.2) is 18.2 Å². The molecule has 1 aromatic carbocycles. The fraction of sp³-hybridized carbons (Fsp3) is 0.462. The van der Waals surface area contributed by atoms with E-state index in [-0.39, 0.29) is 0 Å². The Labute approximate surface area is 110 Å². The van der Waals surface area contributed by atoms with Crippen molar-refractivity contribution in [3.8, 4) is 6.07 Å². The Bertz CT molecular complexity index is 453. The molecule has 0 N–H and O–H groups in total. The number of hydrogen-bond donors (Lipinski definition) is 0. The van der Waals surface area contributed by atoms with E-state index in [1.54, 1.807) is 18.2 Å². The van der Waals surface area contributed by atoms with E-state index >= 15 is 0 Å². The quantitative estimate of drug-likeness (QED) is 0.821. The Kier molecular flexibility index (Phi) is 5.67. The molecule has 0 aliphatic heterocycles. The summed E-state index contributed by atoms with van der Waals surface area (Å²) in [5.74, 6) is 1.63. The van der Waals surface area contributed by atoms with Crippen LogP contribution in [-0.4, -0.2) is 9.96 Å². The smallest absolute Gasteiger partial charge is 0.0992 e. The summed E-state index contributed by atoms with van der Waals surface area (Å²) in [5.41, 5.74) is 1.39. The van der Waals surface area contributed by atoms with Crippen LogP contribution in [0.4, 0.5) is 0 Å². The predicted molar refractivity (Wildman–Crippen MR) is 72.3 cm³/mol. The first-order valence-corrected chi connectivity index (χ1v) is 7.47. The van der Waals surface area contributed by atoms with Crippen molar-refractivity contribution < 1.29 is 4.21 Å². The van der Waals surface area contributed by atoms with Gasteiger partial charge in [-0.2, -0.15) is 5.26 Å². The molecule has 0 amide bonds. The van der Waals surface area contributed by atoms with Crippen LogP contribution >= 0.6 is 11.6 Å². The monoisotopic (exact) mass is 269 g/mol. The van der Waals surface area contributed by atoms with Gasteiger partial charge < -0.3 is 0 Å². The van der Waals surface area contributed by atoms with Gasteiger partial charge in [0, 0.05) is 21.6 Å². The largest absolute Gasteiger partial charge is 0.259 e. The van der Waals surface area contributed by atoms with E-state index in [2.05, 4.69) is 13.8 Å². The summed E-state index contributed by atoms with van der Waals surface area (Å²) >= 11 is 6.04. The highest BCUT2D eigenvalue weighted by atomic mass is 35.5. The Hall–Kier alpha value is -0.850. The van der Waals surface area contributed by atoms with Crippen LogP contribution in [0, 0.1) is 17.2 Å². The van der Waals surface area contributed by atoms with Crippen LogP contribution in [0.5, 0.6) is 0 Å². The third-order valence-electron chi connectivity index (χ3n) is 2.67. The molecule has 0 aliphatic carbocycles. The molecule has 2 atom stereocenters. The van der Waals surface area contributed by atoms with Crippen molar-refractivity contribution in [1.82, 2.24) is 0 Å². The van der Waals surface area contributed by atoms with Gasteiger partial charge in [0.05, 0.1) is 17.4 Å². The highest BCUT2D eigenvalue weighted by Crippen LogP contribution is 2.20. The van der Waals surface area contributed by atoms with E-state index in [4.69, 9.17) is 16.9 Å². The summed E-state index contributed by atoms with van der Waals surface area (Å²) in [7, 11) is -0.887. The van der Waals surface area contributed by atoms with E-state index in [0.717, 1.165) is 12.0 Å². The van der Waals surface area contributed by atoms with Crippen molar-refractivity contribution >= 4 is 22.4 Å². The molecular formula is C13H16ClNOS. The number of hydrogen-bond acceptors (Lipinski definition) is 2. The lowest BCUT2D eigenvalue weighted by Gasteiger charge is -2.09. The van der Waals surface area contributed by atoms with Crippen LogP contribution in [0.25, 0.3) is 0 Å². The maximum absolute atomic E-state index is 11.9. The molecule has 0 saturated heterocycles. The summed E-state index contributed by atoms with van der Waals surface area (Å²) in [5, 5.41) is 9.25. The Morgan fingerprint density at radius 2 is 2.24 bits per heavy atom. The molecule has 0 fully saturated rings. The van der Waals surface area contributed by atoms with Gasteiger partial charge >= 0.3 is 0 Å². The maximum atomic E-state index is 11.9. The van der Waals surface area contributed by atoms with Crippen LogP contribution in [-0.2, 0) is 16.6 Å². The number of rotatable bonds is 5. The molecule has 2 unspecified atom stereocenters. The van der Waals surface area contributed by atoms with E-state index in [1.807, 2.05) is 6.07 Å². The summed E-state index contributed by atoms with van der Waals surface area (Å²) in [6, 6.07) is 7.15. The average Bonchev–Trinajstić information content (AvgIpc) is 2.31. The number of nitriles is 1. The van der Waals surface area contributed by atoms with Crippen LogP contribution in [0.2, 0.25) is 5.02 Å². The van der Waals surface area contributed by atoms with Gasteiger partial charge in [-0.05, 0) is 23.6 Å². The SMILES string of the molecule is CCC(C)CS(=O)Cc1ccc(C#N)cc1Cl. The first kappa shape index (κ1) is 14.2. The lowest BCUT2D eigenvalue weighted by Crippen LogP contribution is -2.09. The molecule has 0 bridgehead atoms. The van der Waals surface area contributed by atoms with Gasteiger partial charge in [0.15, 0.2) is 0 Å².